The van der Waals surface area contributed by atoms with Crippen molar-refractivity contribution in [1.82, 2.24) is 0 Å². The summed E-state index contributed by atoms with van der Waals surface area (Å²) in [5.41, 5.74) is 0.679. The van der Waals surface area contributed by atoms with Gasteiger partial charge in [0, 0.05) is 20.3 Å². The van der Waals surface area contributed by atoms with Crippen LogP contribution in [0, 0.1) is 11.6 Å². The molecule has 0 aromatic heterocycles. The highest BCUT2D eigenvalue weighted by Gasteiger charge is 2.32. The number of rotatable bonds is 7. The summed E-state index contributed by atoms with van der Waals surface area (Å²) in [6.07, 6.45) is 1.45. The molecule has 1 aromatic carbocycles. The molecular weight excluding hydrogens is 254 g/mol. The summed E-state index contributed by atoms with van der Waals surface area (Å²) >= 11 is 0. The van der Waals surface area contributed by atoms with E-state index >= 15 is 0 Å². The molecule has 0 fully saturated rings. The molecular formula is C13H20F2O2Si. The second kappa shape index (κ2) is 6.97. The van der Waals surface area contributed by atoms with Gasteiger partial charge in [0.2, 0.25) is 0 Å². The van der Waals surface area contributed by atoms with Crippen LogP contribution in [0.4, 0.5) is 8.78 Å². The standard InChI is InChI=1S/C13H20F2O2Si/c1-4-18(16-2,17-3)7-5-6-11-8-12(14)10-13(15)9-11/h8-10H,4-7H2,1-3H3. The Balaban J connectivity index is 2.55. The Morgan fingerprint density at radius 3 is 2.06 bits per heavy atom. The van der Waals surface area contributed by atoms with E-state index in [0.717, 1.165) is 24.6 Å². The molecule has 0 bridgehead atoms. The van der Waals surface area contributed by atoms with E-state index in [9.17, 15) is 8.78 Å². The summed E-state index contributed by atoms with van der Waals surface area (Å²) in [4.78, 5) is 0. The summed E-state index contributed by atoms with van der Waals surface area (Å²) in [7, 11) is 1.25. The second-order valence-corrected chi connectivity index (χ2v) is 8.15. The first kappa shape index (κ1) is 15.3. The zero-order chi connectivity index (χ0) is 13.6. The summed E-state index contributed by atoms with van der Waals surface area (Å²) in [5.74, 6) is -1.05. The average Bonchev–Trinajstić information content (AvgIpc) is 2.34. The van der Waals surface area contributed by atoms with Gasteiger partial charge in [-0.25, -0.2) is 8.78 Å². The lowest BCUT2D eigenvalue weighted by Crippen LogP contribution is -2.39. The van der Waals surface area contributed by atoms with Crippen LogP contribution in [-0.2, 0) is 15.3 Å². The summed E-state index contributed by atoms with van der Waals surface area (Å²) in [6.45, 7) is 2.04. The van der Waals surface area contributed by atoms with Gasteiger partial charge in [-0.15, -0.1) is 0 Å². The Hall–Kier alpha value is -0.783. The molecule has 0 saturated heterocycles. The van der Waals surface area contributed by atoms with Crippen LogP contribution in [0.2, 0.25) is 12.1 Å². The summed E-state index contributed by atoms with van der Waals surface area (Å²) < 4.78 is 37.0. The molecule has 0 amide bonds. The van der Waals surface area contributed by atoms with Gasteiger partial charge in [-0.05, 0) is 42.6 Å². The van der Waals surface area contributed by atoms with Gasteiger partial charge in [0.15, 0.2) is 0 Å². The van der Waals surface area contributed by atoms with Crippen LogP contribution in [0.3, 0.4) is 0 Å². The summed E-state index contributed by atoms with van der Waals surface area (Å²) in [5, 5.41) is 0. The van der Waals surface area contributed by atoms with Crippen molar-refractivity contribution in [2.75, 3.05) is 14.2 Å². The maximum absolute atomic E-state index is 13.0. The van der Waals surface area contributed by atoms with E-state index in [1.807, 2.05) is 6.92 Å². The van der Waals surface area contributed by atoms with Crippen molar-refractivity contribution in [2.24, 2.45) is 0 Å². The maximum Gasteiger partial charge on any atom is 0.337 e. The highest BCUT2D eigenvalue weighted by molar-refractivity contribution is 6.67. The van der Waals surface area contributed by atoms with Crippen LogP contribution in [0.25, 0.3) is 0 Å². The highest BCUT2D eigenvalue weighted by atomic mass is 28.4. The molecule has 18 heavy (non-hydrogen) atoms. The smallest absolute Gasteiger partial charge is 0.337 e. The average molecular weight is 274 g/mol. The lowest BCUT2D eigenvalue weighted by Gasteiger charge is -2.25. The largest absolute Gasteiger partial charge is 0.398 e. The molecule has 0 N–H and O–H groups in total. The van der Waals surface area contributed by atoms with Crippen molar-refractivity contribution >= 4 is 8.56 Å². The topological polar surface area (TPSA) is 18.5 Å². The fourth-order valence-corrected chi connectivity index (χ4v) is 4.29. The van der Waals surface area contributed by atoms with Gasteiger partial charge in [0.25, 0.3) is 0 Å². The van der Waals surface area contributed by atoms with Crippen LogP contribution in [0.1, 0.15) is 18.9 Å². The van der Waals surface area contributed by atoms with Crippen LogP contribution in [0.15, 0.2) is 18.2 Å². The molecule has 0 saturated carbocycles. The SMILES string of the molecule is CC[Si](CCCc1cc(F)cc(F)c1)(OC)OC. The van der Waals surface area contributed by atoms with Crippen molar-refractivity contribution in [3.63, 3.8) is 0 Å². The van der Waals surface area contributed by atoms with Gasteiger partial charge in [0.05, 0.1) is 0 Å². The van der Waals surface area contributed by atoms with E-state index in [4.69, 9.17) is 8.85 Å². The quantitative estimate of drug-likeness (QED) is 0.707. The predicted octanol–water partition coefficient (Wildman–Crippen LogP) is 3.65. The Morgan fingerprint density at radius 1 is 1.06 bits per heavy atom. The van der Waals surface area contributed by atoms with E-state index in [1.54, 1.807) is 14.2 Å². The minimum Gasteiger partial charge on any atom is -0.398 e. The number of halogens is 2. The minimum absolute atomic E-state index is 0.525. The molecule has 0 radical (unpaired) electrons. The van der Waals surface area contributed by atoms with Crippen molar-refractivity contribution in [3.8, 4) is 0 Å². The van der Waals surface area contributed by atoms with E-state index < -0.39 is 20.2 Å². The Kier molecular flexibility index (Phi) is 5.91. The van der Waals surface area contributed by atoms with Crippen LogP contribution >= 0.6 is 0 Å². The lowest BCUT2D eigenvalue weighted by molar-refractivity contribution is 0.242. The molecule has 0 spiro atoms. The molecule has 0 atom stereocenters. The number of hydrogen-bond acceptors (Lipinski definition) is 2. The molecule has 102 valence electrons. The Bertz CT molecular complexity index is 353. The molecule has 2 nitrogen and oxygen atoms in total. The van der Waals surface area contributed by atoms with Gasteiger partial charge in [-0.3, -0.25) is 0 Å². The zero-order valence-electron chi connectivity index (χ0n) is 11.1. The van der Waals surface area contributed by atoms with Crippen molar-refractivity contribution in [3.05, 3.63) is 35.4 Å². The second-order valence-electron chi connectivity index (χ2n) is 4.30. The van der Waals surface area contributed by atoms with Crippen molar-refractivity contribution < 1.29 is 17.6 Å². The molecule has 0 aliphatic rings. The summed E-state index contributed by atoms with van der Waals surface area (Å²) in [6, 6.07) is 5.33. The van der Waals surface area contributed by atoms with Gasteiger partial charge in [0.1, 0.15) is 11.6 Å². The molecule has 1 aromatic rings. The fraction of sp³-hybridized carbons (Fsp3) is 0.538. The first-order chi connectivity index (χ1) is 8.55. The molecule has 0 heterocycles. The minimum atomic E-state index is -2.09. The number of benzene rings is 1. The Morgan fingerprint density at radius 2 is 1.61 bits per heavy atom. The lowest BCUT2D eigenvalue weighted by atomic mass is 10.1. The first-order valence-corrected chi connectivity index (χ1v) is 8.33. The molecule has 0 aliphatic heterocycles. The molecule has 1 rings (SSSR count). The molecule has 0 aliphatic carbocycles. The van der Waals surface area contributed by atoms with Crippen molar-refractivity contribution in [2.45, 2.75) is 31.9 Å². The Labute approximate surface area is 108 Å². The van der Waals surface area contributed by atoms with Crippen LogP contribution in [-0.4, -0.2) is 22.8 Å². The van der Waals surface area contributed by atoms with E-state index in [2.05, 4.69) is 0 Å². The number of hydrogen-bond donors (Lipinski definition) is 0. The van der Waals surface area contributed by atoms with Crippen LogP contribution < -0.4 is 0 Å². The predicted molar refractivity (Wildman–Crippen MR) is 69.7 cm³/mol. The van der Waals surface area contributed by atoms with Crippen LogP contribution in [0.5, 0.6) is 0 Å². The zero-order valence-corrected chi connectivity index (χ0v) is 12.1. The van der Waals surface area contributed by atoms with Gasteiger partial charge in [-0.2, -0.15) is 0 Å². The van der Waals surface area contributed by atoms with Crippen molar-refractivity contribution in [1.29, 1.82) is 0 Å². The van der Waals surface area contributed by atoms with E-state index in [0.29, 0.717) is 12.0 Å². The van der Waals surface area contributed by atoms with E-state index in [-0.39, 0.29) is 0 Å². The normalized spacial score (nSPS) is 11.8. The number of aryl methyl sites for hydroxylation is 1. The third kappa shape index (κ3) is 4.15. The maximum atomic E-state index is 13.0. The van der Waals surface area contributed by atoms with Gasteiger partial charge < -0.3 is 8.85 Å². The van der Waals surface area contributed by atoms with E-state index in [1.165, 1.54) is 12.1 Å². The molecule has 5 heteroatoms. The third-order valence-corrected chi connectivity index (χ3v) is 6.91. The highest BCUT2D eigenvalue weighted by Crippen LogP contribution is 2.21. The third-order valence-electron chi connectivity index (χ3n) is 3.23. The van der Waals surface area contributed by atoms with Gasteiger partial charge >= 0.3 is 8.56 Å². The monoisotopic (exact) mass is 274 g/mol. The first-order valence-electron chi connectivity index (χ1n) is 6.10. The fourth-order valence-electron chi connectivity index (χ4n) is 2.07. The molecule has 0 unspecified atom stereocenters. The van der Waals surface area contributed by atoms with Gasteiger partial charge in [-0.1, -0.05) is 6.92 Å².